The maximum Gasteiger partial charge on any atom is 0.265 e. The van der Waals surface area contributed by atoms with Gasteiger partial charge in [-0.3, -0.25) is 14.5 Å². The maximum atomic E-state index is 12.7. The molecular weight excluding hydrogens is 368 g/mol. The Kier molecular flexibility index (Phi) is 4.45. The summed E-state index contributed by atoms with van der Waals surface area (Å²) < 4.78 is 5.40. The van der Waals surface area contributed by atoms with Gasteiger partial charge in [0.25, 0.3) is 5.91 Å². The second-order valence-electron chi connectivity index (χ2n) is 6.33. The van der Waals surface area contributed by atoms with Crippen LogP contribution in [0.25, 0.3) is 11.0 Å². The summed E-state index contributed by atoms with van der Waals surface area (Å²) in [6, 6.07) is 12.7. The quantitative estimate of drug-likeness (QED) is 0.750. The van der Waals surface area contributed by atoms with Crippen LogP contribution in [-0.2, 0) is 16.1 Å². The third kappa shape index (κ3) is 3.46. The number of rotatable bonds is 4. The largest absolute Gasteiger partial charge is 0.482 e. The lowest BCUT2D eigenvalue weighted by atomic mass is 10.2. The van der Waals surface area contributed by atoms with E-state index in [2.05, 4.69) is 9.97 Å². The Morgan fingerprint density at radius 3 is 2.96 bits per heavy atom. The van der Waals surface area contributed by atoms with Gasteiger partial charge >= 0.3 is 0 Å². The number of imidazole rings is 1. The van der Waals surface area contributed by atoms with Gasteiger partial charge in [-0.1, -0.05) is 23.7 Å². The second kappa shape index (κ2) is 6.92. The average Bonchev–Trinajstić information content (AvgIpc) is 3.06. The Bertz CT molecular complexity index is 1000. The smallest absolute Gasteiger partial charge is 0.265 e. The lowest BCUT2D eigenvalue weighted by Gasteiger charge is -2.30. The van der Waals surface area contributed by atoms with Gasteiger partial charge in [0.1, 0.15) is 18.1 Å². The van der Waals surface area contributed by atoms with Crippen LogP contribution < -0.4 is 9.64 Å². The lowest BCUT2D eigenvalue weighted by molar-refractivity contribution is -0.131. The Labute approximate surface area is 160 Å². The van der Waals surface area contributed by atoms with E-state index in [9.17, 15) is 9.59 Å². The van der Waals surface area contributed by atoms with Crippen LogP contribution in [0.15, 0.2) is 42.5 Å². The molecule has 0 bridgehead atoms. The number of anilines is 1. The summed E-state index contributed by atoms with van der Waals surface area (Å²) in [6.07, 6.45) is 0. The van der Waals surface area contributed by atoms with Crippen LogP contribution in [0.3, 0.4) is 0 Å². The van der Waals surface area contributed by atoms with Crippen LogP contribution in [0.5, 0.6) is 5.75 Å². The van der Waals surface area contributed by atoms with E-state index in [0.717, 1.165) is 11.0 Å². The number of nitrogens with one attached hydrogen (secondary N) is 1. The molecule has 0 atom stereocenters. The predicted molar refractivity (Wildman–Crippen MR) is 102 cm³/mol. The molecule has 0 fully saturated rings. The summed E-state index contributed by atoms with van der Waals surface area (Å²) in [7, 11) is 1.68. The Morgan fingerprint density at radius 2 is 2.15 bits per heavy atom. The number of para-hydroxylation sites is 2. The molecule has 1 aliphatic rings. The molecule has 0 saturated heterocycles. The highest BCUT2D eigenvalue weighted by Gasteiger charge is 2.28. The summed E-state index contributed by atoms with van der Waals surface area (Å²) >= 11 is 6.03. The van der Waals surface area contributed by atoms with Crippen molar-refractivity contribution >= 4 is 40.1 Å². The number of halogens is 1. The summed E-state index contributed by atoms with van der Waals surface area (Å²) in [5.41, 5.74) is 2.27. The van der Waals surface area contributed by atoms with E-state index >= 15 is 0 Å². The van der Waals surface area contributed by atoms with Gasteiger partial charge in [-0.05, 0) is 30.3 Å². The van der Waals surface area contributed by atoms with Gasteiger partial charge in [-0.25, -0.2) is 4.98 Å². The summed E-state index contributed by atoms with van der Waals surface area (Å²) in [5.74, 6) is 0.724. The Hall–Kier alpha value is -3.06. The number of ether oxygens (including phenoxy) is 1. The number of nitrogens with zero attached hydrogens (tertiary/aromatic N) is 3. The summed E-state index contributed by atoms with van der Waals surface area (Å²) in [4.78, 5) is 35.6. The number of carbonyl (C=O) groups is 2. The van der Waals surface area contributed by atoms with Crippen molar-refractivity contribution in [1.82, 2.24) is 14.9 Å². The molecule has 3 aromatic rings. The first-order chi connectivity index (χ1) is 13.0. The highest BCUT2D eigenvalue weighted by molar-refractivity contribution is 6.31. The average molecular weight is 385 g/mol. The number of aromatic nitrogens is 2. The molecule has 7 nitrogen and oxygen atoms in total. The van der Waals surface area contributed by atoms with Gasteiger partial charge in [0, 0.05) is 12.1 Å². The van der Waals surface area contributed by atoms with Gasteiger partial charge in [-0.2, -0.15) is 0 Å². The van der Waals surface area contributed by atoms with Gasteiger partial charge in [-0.15, -0.1) is 0 Å². The number of H-pyrrole nitrogens is 1. The molecule has 1 N–H and O–H groups in total. The summed E-state index contributed by atoms with van der Waals surface area (Å²) in [6.45, 7) is 0.121. The molecule has 0 saturated carbocycles. The van der Waals surface area contributed by atoms with Crippen molar-refractivity contribution in [3.8, 4) is 5.75 Å². The molecule has 2 heterocycles. The molecular formula is C19H17ClN4O3. The molecule has 1 aliphatic heterocycles. The number of carbonyl (C=O) groups excluding carboxylic acids is 2. The van der Waals surface area contributed by atoms with Crippen molar-refractivity contribution in [1.29, 1.82) is 0 Å². The van der Waals surface area contributed by atoms with E-state index in [1.807, 2.05) is 24.3 Å². The zero-order valence-corrected chi connectivity index (χ0v) is 15.4. The van der Waals surface area contributed by atoms with Crippen LogP contribution >= 0.6 is 11.6 Å². The fourth-order valence-electron chi connectivity index (χ4n) is 3.00. The van der Waals surface area contributed by atoms with Crippen LogP contribution in [0.4, 0.5) is 5.69 Å². The second-order valence-corrected chi connectivity index (χ2v) is 6.77. The van der Waals surface area contributed by atoms with Crippen LogP contribution in [-0.4, -0.2) is 46.9 Å². The minimum atomic E-state index is -0.282. The van der Waals surface area contributed by atoms with Crippen molar-refractivity contribution in [3.05, 3.63) is 53.3 Å². The third-order valence-corrected chi connectivity index (χ3v) is 4.64. The fourth-order valence-corrected chi connectivity index (χ4v) is 3.16. The molecule has 0 radical (unpaired) electrons. The van der Waals surface area contributed by atoms with Crippen molar-refractivity contribution in [2.75, 3.05) is 25.1 Å². The van der Waals surface area contributed by atoms with E-state index in [1.165, 1.54) is 9.80 Å². The van der Waals surface area contributed by atoms with Crippen molar-refractivity contribution in [2.45, 2.75) is 6.54 Å². The highest BCUT2D eigenvalue weighted by Crippen LogP contribution is 2.34. The number of hydrogen-bond acceptors (Lipinski definition) is 4. The monoisotopic (exact) mass is 384 g/mol. The topological polar surface area (TPSA) is 78.5 Å². The molecule has 0 spiro atoms. The molecule has 0 aliphatic carbocycles. The van der Waals surface area contributed by atoms with E-state index in [4.69, 9.17) is 16.3 Å². The van der Waals surface area contributed by atoms with Gasteiger partial charge in [0.05, 0.1) is 23.3 Å². The van der Waals surface area contributed by atoms with Crippen LogP contribution in [0.2, 0.25) is 5.02 Å². The molecule has 4 rings (SSSR count). The highest BCUT2D eigenvalue weighted by atomic mass is 35.5. The van der Waals surface area contributed by atoms with Crippen molar-refractivity contribution < 1.29 is 14.3 Å². The molecule has 2 amide bonds. The Balaban J connectivity index is 1.50. The first kappa shape index (κ1) is 17.4. The normalized spacial score (nSPS) is 13.4. The first-order valence-electron chi connectivity index (χ1n) is 8.41. The number of hydrogen-bond donors (Lipinski definition) is 1. The number of fused-ring (bicyclic) bond motifs is 2. The minimum absolute atomic E-state index is 0.0910. The summed E-state index contributed by atoms with van der Waals surface area (Å²) in [5, 5.41) is 0.472. The molecule has 1 aromatic heterocycles. The molecule has 0 unspecified atom stereocenters. The Morgan fingerprint density at radius 1 is 1.33 bits per heavy atom. The zero-order chi connectivity index (χ0) is 19.0. The van der Waals surface area contributed by atoms with E-state index in [0.29, 0.717) is 28.8 Å². The molecule has 8 heteroatoms. The molecule has 27 heavy (non-hydrogen) atoms. The van der Waals surface area contributed by atoms with Crippen molar-refractivity contribution in [2.24, 2.45) is 0 Å². The van der Waals surface area contributed by atoms with E-state index in [1.54, 1.807) is 25.2 Å². The first-order valence-corrected chi connectivity index (χ1v) is 8.79. The maximum absolute atomic E-state index is 12.7. The van der Waals surface area contributed by atoms with Crippen molar-refractivity contribution in [3.63, 3.8) is 0 Å². The fraction of sp³-hybridized carbons (Fsp3) is 0.211. The van der Waals surface area contributed by atoms with Gasteiger partial charge < -0.3 is 14.6 Å². The molecule has 138 valence electrons. The molecule has 2 aromatic carbocycles. The number of aromatic amines is 1. The van der Waals surface area contributed by atoms with Gasteiger partial charge in [0.15, 0.2) is 6.61 Å². The van der Waals surface area contributed by atoms with Gasteiger partial charge in [0.2, 0.25) is 5.91 Å². The number of benzene rings is 2. The number of likely N-dealkylation sites (N-methyl/N-ethyl adjacent to an activating group) is 1. The minimum Gasteiger partial charge on any atom is -0.482 e. The van der Waals surface area contributed by atoms with Crippen LogP contribution in [0, 0.1) is 0 Å². The third-order valence-electron chi connectivity index (χ3n) is 4.41. The van der Waals surface area contributed by atoms with E-state index < -0.39 is 0 Å². The zero-order valence-electron chi connectivity index (χ0n) is 14.6. The van der Waals surface area contributed by atoms with E-state index in [-0.39, 0.29) is 25.0 Å². The number of amides is 2. The standard InChI is InChI=1S/C19H17ClN4O3/c1-23(9-17-21-13-4-2-3-5-14(13)22-17)18(25)10-24-15-8-12(20)6-7-16(15)27-11-19(24)26/h2-8H,9-11H2,1H3,(H,21,22). The SMILES string of the molecule is CN(Cc1nc2ccccc2[nH]1)C(=O)CN1C(=O)COc2ccc(Cl)cc21. The predicted octanol–water partition coefficient (Wildman–Crippen LogP) is 2.60. The van der Waals surface area contributed by atoms with Crippen LogP contribution in [0.1, 0.15) is 5.82 Å². The lowest BCUT2D eigenvalue weighted by Crippen LogP contribution is -2.45.